The van der Waals surface area contributed by atoms with Crippen molar-refractivity contribution in [2.45, 2.75) is 36.1 Å². The quantitative estimate of drug-likeness (QED) is 0.825. The van der Waals surface area contributed by atoms with Crippen LogP contribution in [0.15, 0.2) is 28.6 Å². The van der Waals surface area contributed by atoms with Crippen LogP contribution in [0.3, 0.4) is 0 Å². The minimum atomic E-state index is 0.0835. The normalized spacial score (nSPS) is 15.1. The molecule has 1 amide bonds. The number of carbonyl (C=O) groups is 1. The van der Waals surface area contributed by atoms with Gasteiger partial charge in [-0.3, -0.25) is 4.79 Å². The fraction of sp³-hybridized carbons (Fsp3) is 0.400. The zero-order chi connectivity index (χ0) is 15.4. The van der Waals surface area contributed by atoms with Crippen LogP contribution in [0.1, 0.15) is 25.7 Å². The van der Waals surface area contributed by atoms with Gasteiger partial charge in [-0.1, -0.05) is 36.2 Å². The van der Waals surface area contributed by atoms with Crippen LogP contribution in [0, 0.1) is 0 Å². The van der Waals surface area contributed by atoms with Crippen LogP contribution < -0.4 is 5.32 Å². The second kappa shape index (κ2) is 7.44. The minimum Gasteiger partial charge on any atom is -0.353 e. The third kappa shape index (κ3) is 4.21. The Bertz CT molecular complexity index is 638. The zero-order valence-corrected chi connectivity index (χ0v) is 14.3. The molecule has 1 aromatic carbocycles. The number of aromatic nitrogens is 2. The van der Waals surface area contributed by atoms with Gasteiger partial charge in [-0.25, -0.2) is 4.98 Å². The largest absolute Gasteiger partial charge is 0.353 e. The Morgan fingerprint density at radius 3 is 2.77 bits per heavy atom. The maximum absolute atomic E-state index is 11.9. The van der Waals surface area contributed by atoms with Crippen molar-refractivity contribution in [3.05, 3.63) is 29.3 Å². The van der Waals surface area contributed by atoms with Crippen molar-refractivity contribution in [1.29, 1.82) is 0 Å². The van der Waals surface area contributed by atoms with Gasteiger partial charge in [0.2, 0.25) is 5.91 Å². The lowest BCUT2D eigenvalue weighted by molar-refractivity contribution is -0.119. The molecule has 0 spiro atoms. The van der Waals surface area contributed by atoms with E-state index >= 15 is 0 Å². The summed E-state index contributed by atoms with van der Waals surface area (Å²) in [7, 11) is 0. The number of carbonyl (C=O) groups excluding carboxylic acids is 1. The van der Waals surface area contributed by atoms with Crippen LogP contribution in [0.2, 0.25) is 5.02 Å². The molecule has 4 nitrogen and oxygen atoms in total. The van der Waals surface area contributed by atoms with E-state index in [0.717, 1.165) is 22.7 Å². The Morgan fingerprint density at radius 1 is 1.32 bits per heavy atom. The topological polar surface area (TPSA) is 54.9 Å². The maximum atomic E-state index is 11.9. The number of rotatable bonds is 5. The minimum absolute atomic E-state index is 0.0835. The Balaban J connectivity index is 1.53. The van der Waals surface area contributed by atoms with E-state index in [4.69, 9.17) is 11.6 Å². The molecule has 1 heterocycles. The molecule has 1 saturated carbocycles. The van der Waals surface area contributed by atoms with Crippen LogP contribution in [0.25, 0.3) is 11.4 Å². The van der Waals surface area contributed by atoms with E-state index in [2.05, 4.69) is 14.7 Å². The Kier molecular flexibility index (Phi) is 5.33. The van der Waals surface area contributed by atoms with Crippen molar-refractivity contribution >= 4 is 40.8 Å². The lowest BCUT2D eigenvalue weighted by atomic mass is 10.2. The average Bonchev–Trinajstić information content (AvgIpc) is 3.17. The third-order valence-corrected chi connectivity index (χ3v) is 5.64. The number of hydrogen-bond donors (Lipinski definition) is 1. The summed E-state index contributed by atoms with van der Waals surface area (Å²) in [5.41, 5.74) is 0.933. The molecule has 1 aromatic heterocycles. The molecule has 0 saturated heterocycles. The molecule has 1 aliphatic carbocycles. The first-order valence-electron chi connectivity index (χ1n) is 7.22. The Hall–Kier alpha value is -1.11. The highest BCUT2D eigenvalue weighted by Crippen LogP contribution is 2.26. The SMILES string of the molecule is O=C(CSc1nc(-c2ccc(Cl)cc2)ns1)NC1CCCC1. The van der Waals surface area contributed by atoms with E-state index in [0.29, 0.717) is 22.6 Å². The predicted molar refractivity (Wildman–Crippen MR) is 91.5 cm³/mol. The van der Waals surface area contributed by atoms with E-state index in [1.54, 1.807) is 0 Å². The monoisotopic (exact) mass is 353 g/mol. The van der Waals surface area contributed by atoms with E-state index < -0.39 is 0 Å². The van der Waals surface area contributed by atoms with Gasteiger partial charge in [0, 0.05) is 16.6 Å². The number of hydrogen-bond acceptors (Lipinski definition) is 5. The zero-order valence-electron chi connectivity index (χ0n) is 11.9. The van der Waals surface area contributed by atoms with E-state index in [9.17, 15) is 4.79 Å². The molecule has 2 aromatic rings. The summed E-state index contributed by atoms with van der Waals surface area (Å²) in [6.45, 7) is 0. The molecule has 0 unspecified atom stereocenters. The summed E-state index contributed by atoms with van der Waals surface area (Å²) >= 11 is 8.63. The highest BCUT2D eigenvalue weighted by molar-refractivity contribution is 8.01. The second-order valence-corrected chi connectivity index (χ2v) is 7.64. The van der Waals surface area contributed by atoms with Crippen molar-refractivity contribution in [2.24, 2.45) is 0 Å². The van der Waals surface area contributed by atoms with Gasteiger partial charge >= 0.3 is 0 Å². The number of nitrogens with one attached hydrogen (secondary N) is 1. The van der Waals surface area contributed by atoms with E-state index in [1.165, 1.54) is 36.1 Å². The molecule has 0 aliphatic heterocycles. The van der Waals surface area contributed by atoms with Gasteiger partial charge in [-0.15, -0.1) is 0 Å². The molecule has 1 N–H and O–H groups in total. The van der Waals surface area contributed by atoms with Gasteiger partial charge in [0.05, 0.1) is 5.75 Å². The first-order chi connectivity index (χ1) is 10.7. The lowest BCUT2D eigenvalue weighted by Crippen LogP contribution is -2.33. The summed E-state index contributed by atoms with van der Waals surface area (Å²) in [5, 5.41) is 3.77. The van der Waals surface area contributed by atoms with Crippen LogP contribution in [-0.2, 0) is 4.79 Å². The fourth-order valence-electron chi connectivity index (χ4n) is 2.45. The van der Waals surface area contributed by atoms with Crippen LogP contribution in [0.5, 0.6) is 0 Å². The van der Waals surface area contributed by atoms with Gasteiger partial charge in [0.15, 0.2) is 10.2 Å². The van der Waals surface area contributed by atoms with E-state index in [1.807, 2.05) is 24.3 Å². The first kappa shape index (κ1) is 15.8. The van der Waals surface area contributed by atoms with Crippen molar-refractivity contribution in [3.63, 3.8) is 0 Å². The van der Waals surface area contributed by atoms with Crippen LogP contribution in [0.4, 0.5) is 0 Å². The molecule has 22 heavy (non-hydrogen) atoms. The smallest absolute Gasteiger partial charge is 0.230 e. The van der Waals surface area contributed by atoms with Crippen molar-refractivity contribution in [1.82, 2.24) is 14.7 Å². The standard InChI is InChI=1S/C15H16ClN3OS2/c16-11-7-5-10(6-8-11)14-18-15(22-19-14)21-9-13(20)17-12-3-1-2-4-12/h5-8,12H,1-4,9H2,(H,17,20). The average molecular weight is 354 g/mol. The highest BCUT2D eigenvalue weighted by atomic mass is 35.5. The summed E-state index contributed by atoms with van der Waals surface area (Å²) in [6, 6.07) is 7.80. The summed E-state index contributed by atoms with van der Waals surface area (Å²) in [6.07, 6.45) is 4.66. The molecule has 0 atom stereocenters. The predicted octanol–water partition coefficient (Wildman–Crippen LogP) is 4.01. The fourth-order valence-corrected chi connectivity index (χ4v) is 4.00. The van der Waals surface area contributed by atoms with Crippen molar-refractivity contribution in [2.75, 3.05) is 5.75 Å². The first-order valence-corrected chi connectivity index (χ1v) is 9.36. The summed E-state index contributed by atoms with van der Waals surface area (Å²) in [5.74, 6) is 1.16. The molecule has 7 heteroatoms. The number of benzene rings is 1. The molecule has 3 rings (SSSR count). The molecule has 1 aliphatic rings. The number of halogens is 1. The van der Waals surface area contributed by atoms with Gasteiger partial charge in [0.25, 0.3) is 0 Å². The summed E-state index contributed by atoms with van der Waals surface area (Å²) in [4.78, 5) is 16.4. The van der Waals surface area contributed by atoms with Gasteiger partial charge < -0.3 is 5.32 Å². The van der Waals surface area contributed by atoms with Crippen molar-refractivity contribution < 1.29 is 4.79 Å². The van der Waals surface area contributed by atoms with Gasteiger partial charge in [0.1, 0.15) is 0 Å². The van der Waals surface area contributed by atoms with Gasteiger partial charge in [-0.2, -0.15) is 4.37 Å². The number of thioether (sulfide) groups is 1. The van der Waals surface area contributed by atoms with Crippen LogP contribution in [-0.4, -0.2) is 27.1 Å². The molecule has 0 radical (unpaired) electrons. The number of amides is 1. The highest BCUT2D eigenvalue weighted by Gasteiger charge is 2.17. The van der Waals surface area contributed by atoms with E-state index in [-0.39, 0.29) is 5.91 Å². The molecule has 1 fully saturated rings. The molecule has 116 valence electrons. The number of nitrogens with zero attached hydrogens (tertiary/aromatic N) is 2. The molecular formula is C15H16ClN3OS2. The Labute approximate surface area is 142 Å². The van der Waals surface area contributed by atoms with Gasteiger partial charge in [-0.05, 0) is 48.6 Å². The van der Waals surface area contributed by atoms with Crippen LogP contribution >= 0.6 is 34.9 Å². The molecule has 0 bridgehead atoms. The second-order valence-electron chi connectivity index (χ2n) is 5.23. The third-order valence-electron chi connectivity index (χ3n) is 3.56. The Morgan fingerprint density at radius 2 is 2.05 bits per heavy atom. The van der Waals surface area contributed by atoms with Crippen molar-refractivity contribution in [3.8, 4) is 11.4 Å². The molecular weight excluding hydrogens is 338 g/mol. The maximum Gasteiger partial charge on any atom is 0.230 e. The summed E-state index contributed by atoms with van der Waals surface area (Å²) < 4.78 is 5.14. The lowest BCUT2D eigenvalue weighted by Gasteiger charge is -2.10.